The standard InChI is InChI=1S/C20H23FN2O3S/c21-17-3-1-15(2-4-17)14-23-10-7-18(8-11-23)22-27(24,25)19-5-6-20-16(13-19)9-12-26-20/h1-6,13,18,22H,7-12,14H2. The number of hydrogen-bond donors (Lipinski definition) is 1. The minimum Gasteiger partial charge on any atom is -0.493 e. The molecular weight excluding hydrogens is 367 g/mol. The first-order valence-corrected chi connectivity index (χ1v) is 10.7. The molecule has 1 N–H and O–H groups in total. The van der Waals surface area contributed by atoms with Gasteiger partial charge in [0.05, 0.1) is 11.5 Å². The highest BCUT2D eigenvalue weighted by molar-refractivity contribution is 7.89. The summed E-state index contributed by atoms with van der Waals surface area (Å²) in [5.74, 6) is 0.549. The van der Waals surface area contributed by atoms with Crippen molar-refractivity contribution in [3.63, 3.8) is 0 Å². The van der Waals surface area contributed by atoms with Gasteiger partial charge < -0.3 is 4.74 Å². The molecule has 2 aromatic carbocycles. The van der Waals surface area contributed by atoms with Crippen LogP contribution in [0.2, 0.25) is 0 Å². The highest BCUT2D eigenvalue weighted by Gasteiger charge is 2.26. The van der Waals surface area contributed by atoms with E-state index in [0.29, 0.717) is 11.5 Å². The molecule has 2 heterocycles. The number of nitrogens with one attached hydrogen (secondary N) is 1. The molecule has 0 atom stereocenters. The fourth-order valence-electron chi connectivity index (χ4n) is 3.67. The third-order valence-electron chi connectivity index (χ3n) is 5.20. The fraction of sp³-hybridized carbons (Fsp3) is 0.400. The molecule has 0 bridgehead atoms. The summed E-state index contributed by atoms with van der Waals surface area (Å²) in [6, 6.07) is 11.5. The van der Waals surface area contributed by atoms with Gasteiger partial charge in [-0.15, -0.1) is 0 Å². The van der Waals surface area contributed by atoms with E-state index in [1.807, 2.05) is 0 Å². The molecule has 4 rings (SSSR count). The molecule has 0 radical (unpaired) electrons. The Morgan fingerprint density at radius 3 is 2.59 bits per heavy atom. The summed E-state index contributed by atoms with van der Waals surface area (Å²) in [7, 11) is -3.53. The summed E-state index contributed by atoms with van der Waals surface area (Å²) in [6.45, 7) is 2.98. The number of piperidine rings is 1. The van der Waals surface area contributed by atoms with Crippen molar-refractivity contribution in [3.05, 3.63) is 59.4 Å². The monoisotopic (exact) mass is 390 g/mol. The highest BCUT2D eigenvalue weighted by Crippen LogP contribution is 2.28. The smallest absolute Gasteiger partial charge is 0.240 e. The molecule has 2 aliphatic rings. The normalized spacial score (nSPS) is 18.3. The summed E-state index contributed by atoms with van der Waals surface area (Å²) < 4.78 is 46.7. The van der Waals surface area contributed by atoms with E-state index in [0.717, 1.165) is 55.8 Å². The van der Waals surface area contributed by atoms with E-state index in [1.165, 1.54) is 12.1 Å². The Kier molecular flexibility index (Phi) is 5.16. The Morgan fingerprint density at radius 1 is 1.11 bits per heavy atom. The Balaban J connectivity index is 1.33. The lowest BCUT2D eigenvalue weighted by Gasteiger charge is -2.32. The number of nitrogens with zero attached hydrogens (tertiary/aromatic N) is 1. The van der Waals surface area contributed by atoms with Crippen LogP contribution in [0.1, 0.15) is 24.0 Å². The van der Waals surface area contributed by atoms with Gasteiger partial charge in [0, 0.05) is 32.1 Å². The van der Waals surface area contributed by atoms with Gasteiger partial charge in [0.2, 0.25) is 10.0 Å². The van der Waals surface area contributed by atoms with Crippen molar-refractivity contribution < 1.29 is 17.5 Å². The summed E-state index contributed by atoms with van der Waals surface area (Å²) in [4.78, 5) is 2.57. The van der Waals surface area contributed by atoms with Crippen molar-refractivity contribution in [2.75, 3.05) is 19.7 Å². The summed E-state index contributed by atoms with van der Waals surface area (Å²) in [5, 5.41) is 0. The lowest BCUT2D eigenvalue weighted by Crippen LogP contribution is -2.44. The van der Waals surface area contributed by atoms with E-state index in [-0.39, 0.29) is 11.9 Å². The number of ether oxygens (including phenoxy) is 1. The van der Waals surface area contributed by atoms with Gasteiger partial charge in [0.1, 0.15) is 11.6 Å². The molecule has 0 spiro atoms. The largest absolute Gasteiger partial charge is 0.493 e. The van der Waals surface area contributed by atoms with Crippen LogP contribution in [0, 0.1) is 5.82 Å². The Labute approximate surface area is 159 Å². The van der Waals surface area contributed by atoms with Crippen molar-refractivity contribution in [2.24, 2.45) is 0 Å². The zero-order chi connectivity index (χ0) is 18.9. The molecule has 1 saturated heterocycles. The van der Waals surface area contributed by atoms with Gasteiger partial charge in [-0.25, -0.2) is 17.5 Å². The van der Waals surface area contributed by atoms with Gasteiger partial charge in [-0.1, -0.05) is 12.1 Å². The lowest BCUT2D eigenvalue weighted by atomic mass is 10.1. The van der Waals surface area contributed by atoms with Crippen molar-refractivity contribution in [1.82, 2.24) is 9.62 Å². The molecule has 0 saturated carbocycles. The van der Waals surface area contributed by atoms with Gasteiger partial charge >= 0.3 is 0 Å². The molecule has 2 aromatic rings. The predicted molar refractivity (Wildman–Crippen MR) is 101 cm³/mol. The maximum absolute atomic E-state index is 13.0. The Hall–Kier alpha value is -1.96. The van der Waals surface area contributed by atoms with Crippen LogP contribution in [0.25, 0.3) is 0 Å². The SMILES string of the molecule is O=S(=O)(NC1CCN(Cc2ccc(F)cc2)CC1)c1ccc2c(c1)CCO2. The first kappa shape index (κ1) is 18.4. The van der Waals surface area contributed by atoms with Crippen LogP contribution < -0.4 is 9.46 Å². The van der Waals surface area contributed by atoms with Crippen LogP contribution in [0.15, 0.2) is 47.4 Å². The van der Waals surface area contributed by atoms with Crippen molar-refractivity contribution in [1.29, 1.82) is 0 Å². The number of likely N-dealkylation sites (tertiary alicyclic amines) is 1. The lowest BCUT2D eigenvalue weighted by molar-refractivity contribution is 0.200. The number of hydrogen-bond acceptors (Lipinski definition) is 4. The van der Waals surface area contributed by atoms with Crippen LogP contribution in [0.3, 0.4) is 0 Å². The van der Waals surface area contributed by atoms with Gasteiger partial charge in [-0.3, -0.25) is 4.90 Å². The second-order valence-corrected chi connectivity index (χ2v) is 8.88. The Morgan fingerprint density at radius 2 is 1.85 bits per heavy atom. The average Bonchev–Trinajstić information content (AvgIpc) is 3.13. The molecule has 0 unspecified atom stereocenters. The van der Waals surface area contributed by atoms with Crippen molar-refractivity contribution >= 4 is 10.0 Å². The molecule has 7 heteroatoms. The van der Waals surface area contributed by atoms with Crippen LogP contribution in [-0.2, 0) is 23.0 Å². The van der Waals surface area contributed by atoms with E-state index in [4.69, 9.17) is 4.74 Å². The maximum Gasteiger partial charge on any atom is 0.240 e. The molecule has 27 heavy (non-hydrogen) atoms. The average molecular weight is 390 g/mol. The topological polar surface area (TPSA) is 58.6 Å². The molecule has 2 aliphatic heterocycles. The Bertz CT molecular complexity index is 907. The second-order valence-electron chi connectivity index (χ2n) is 7.17. The molecule has 5 nitrogen and oxygen atoms in total. The number of benzene rings is 2. The summed E-state index contributed by atoms with van der Waals surface area (Å²) in [5.41, 5.74) is 2.02. The number of sulfonamides is 1. The maximum atomic E-state index is 13.0. The van der Waals surface area contributed by atoms with Gasteiger partial charge in [0.25, 0.3) is 0 Å². The summed E-state index contributed by atoms with van der Waals surface area (Å²) >= 11 is 0. The molecule has 0 amide bonds. The first-order valence-electron chi connectivity index (χ1n) is 9.24. The zero-order valence-corrected chi connectivity index (χ0v) is 15.8. The third kappa shape index (κ3) is 4.31. The number of halogens is 1. The van der Waals surface area contributed by atoms with Gasteiger partial charge in [-0.05, 0) is 54.3 Å². The van der Waals surface area contributed by atoms with E-state index < -0.39 is 10.0 Å². The molecular formula is C20H23FN2O3S. The van der Waals surface area contributed by atoms with E-state index in [9.17, 15) is 12.8 Å². The quantitative estimate of drug-likeness (QED) is 0.853. The second kappa shape index (κ2) is 7.58. The molecule has 1 fully saturated rings. The van der Waals surface area contributed by atoms with Gasteiger partial charge in [-0.2, -0.15) is 0 Å². The van der Waals surface area contributed by atoms with Gasteiger partial charge in [0.15, 0.2) is 0 Å². The molecule has 0 aliphatic carbocycles. The van der Waals surface area contributed by atoms with Crippen molar-refractivity contribution in [3.8, 4) is 5.75 Å². The van der Waals surface area contributed by atoms with E-state index in [2.05, 4.69) is 9.62 Å². The number of rotatable bonds is 5. The minimum atomic E-state index is -3.53. The van der Waals surface area contributed by atoms with Crippen LogP contribution in [0.5, 0.6) is 5.75 Å². The van der Waals surface area contributed by atoms with Crippen molar-refractivity contribution in [2.45, 2.75) is 36.7 Å². The van der Waals surface area contributed by atoms with E-state index in [1.54, 1.807) is 30.3 Å². The molecule has 0 aromatic heterocycles. The van der Waals surface area contributed by atoms with Crippen LogP contribution >= 0.6 is 0 Å². The first-order chi connectivity index (χ1) is 13.0. The summed E-state index contributed by atoms with van der Waals surface area (Å²) in [6.07, 6.45) is 2.27. The highest BCUT2D eigenvalue weighted by atomic mass is 32.2. The predicted octanol–water partition coefficient (Wildman–Crippen LogP) is 2.70. The minimum absolute atomic E-state index is 0.0658. The van der Waals surface area contributed by atoms with Crippen LogP contribution in [0.4, 0.5) is 4.39 Å². The van der Waals surface area contributed by atoms with Crippen LogP contribution in [-0.4, -0.2) is 39.1 Å². The molecule has 144 valence electrons. The zero-order valence-electron chi connectivity index (χ0n) is 15.0. The van der Waals surface area contributed by atoms with E-state index >= 15 is 0 Å². The fourth-order valence-corrected chi connectivity index (χ4v) is 5.03. The number of fused-ring (bicyclic) bond motifs is 1. The third-order valence-corrected chi connectivity index (χ3v) is 6.72.